The van der Waals surface area contributed by atoms with Crippen LogP contribution < -0.4 is 15.8 Å². The Bertz CT molecular complexity index is 431. The van der Waals surface area contributed by atoms with Crippen LogP contribution in [0.2, 0.25) is 0 Å². The number of thioether (sulfide) groups is 1. The third kappa shape index (κ3) is 2.90. The van der Waals surface area contributed by atoms with E-state index in [0.717, 1.165) is 24.3 Å². The average molecular weight is 266 g/mol. The molecule has 0 atom stereocenters. The molecule has 1 amide bonds. The van der Waals surface area contributed by atoms with Gasteiger partial charge in [-0.3, -0.25) is 4.79 Å². The molecule has 1 aliphatic heterocycles. The number of anilines is 1. The molecule has 0 spiro atoms. The molecule has 0 radical (unpaired) electrons. The average Bonchev–Trinajstić information content (AvgIpc) is 2.39. The van der Waals surface area contributed by atoms with E-state index >= 15 is 0 Å². The zero-order valence-corrected chi connectivity index (χ0v) is 11.3. The summed E-state index contributed by atoms with van der Waals surface area (Å²) >= 11 is 1.93. The lowest BCUT2D eigenvalue weighted by atomic mass is 10.1. The number of hydrogen-bond acceptors (Lipinski definition) is 4. The number of amides is 1. The number of methoxy groups -OCH3 is 1. The molecule has 3 N–H and O–H groups in total. The van der Waals surface area contributed by atoms with Crippen molar-refractivity contribution >= 4 is 23.4 Å². The predicted octanol–water partition coefficient (Wildman–Crippen LogP) is 1.90. The number of rotatable bonds is 3. The second-order valence-corrected chi connectivity index (χ2v) is 5.51. The van der Waals surface area contributed by atoms with Crippen LogP contribution in [0, 0.1) is 0 Å². The van der Waals surface area contributed by atoms with E-state index in [4.69, 9.17) is 10.5 Å². The van der Waals surface area contributed by atoms with Crippen LogP contribution >= 0.6 is 11.8 Å². The van der Waals surface area contributed by atoms with Gasteiger partial charge in [-0.25, -0.2) is 0 Å². The number of nitrogen functional groups attached to an aromatic ring is 1. The molecule has 1 aliphatic rings. The summed E-state index contributed by atoms with van der Waals surface area (Å²) in [4.78, 5) is 12.2. The van der Waals surface area contributed by atoms with Gasteiger partial charge in [-0.05, 0) is 36.5 Å². The molecule has 4 nitrogen and oxygen atoms in total. The number of nitrogens with two attached hydrogens (primary N) is 1. The van der Waals surface area contributed by atoms with Crippen LogP contribution in [-0.4, -0.2) is 30.6 Å². The van der Waals surface area contributed by atoms with Gasteiger partial charge in [0.1, 0.15) is 11.3 Å². The number of carbonyl (C=O) groups is 1. The van der Waals surface area contributed by atoms with Crippen molar-refractivity contribution in [3.63, 3.8) is 0 Å². The van der Waals surface area contributed by atoms with Gasteiger partial charge in [0.15, 0.2) is 0 Å². The Kier molecular flexibility index (Phi) is 4.36. The zero-order valence-electron chi connectivity index (χ0n) is 10.4. The maximum absolute atomic E-state index is 12.2. The smallest absolute Gasteiger partial charge is 0.257 e. The summed E-state index contributed by atoms with van der Waals surface area (Å²) in [6.07, 6.45) is 2.04. The third-order valence-electron chi connectivity index (χ3n) is 3.06. The first-order valence-electron chi connectivity index (χ1n) is 6.03. The summed E-state index contributed by atoms with van der Waals surface area (Å²) in [6, 6.07) is 5.50. The van der Waals surface area contributed by atoms with Gasteiger partial charge in [-0.15, -0.1) is 0 Å². The number of carbonyl (C=O) groups excluding carboxylic acids is 1. The lowest BCUT2D eigenvalue weighted by Crippen LogP contribution is -2.37. The van der Waals surface area contributed by atoms with Gasteiger partial charge in [0.05, 0.1) is 7.11 Å². The Morgan fingerprint density at radius 3 is 2.83 bits per heavy atom. The molecular formula is C13H18N2O2S. The molecular weight excluding hydrogens is 248 g/mol. The molecule has 1 heterocycles. The standard InChI is InChI=1S/C13H18N2O2S/c1-17-11-4-2-3-10(14)12(11)13(16)15-9-5-7-18-8-6-9/h2-4,9H,5-8,14H2,1H3,(H,15,16). The summed E-state index contributed by atoms with van der Waals surface area (Å²) in [5.74, 6) is 2.60. The Morgan fingerprint density at radius 2 is 2.17 bits per heavy atom. The maximum Gasteiger partial charge on any atom is 0.257 e. The predicted molar refractivity (Wildman–Crippen MR) is 75.2 cm³/mol. The van der Waals surface area contributed by atoms with Crippen molar-refractivity contribution < 1.29 is 9.53 Å². The molecule has 2 rings (SSSR count). The Morgan fingerprint density at radius 1 is 1.44 bits per heavy atom. The molecule has 0 aromatic heterocycles. The minimum absolute atomic E-state index is 0.137. The lowest BCUT2D eigenvalue weighted by molar-refractivity contribution is 0.0933. The van der Waals surface area contributed by atoms with Crippen molar-refractivity contribution in [3.8, 4) is 5.75 Å². The molecule has 1 aromatic carbocycles. The molecule has 1 saturated heterocycles. The van der Waals surface area contributed by atoms with E-state index < -0.39 is 0 Å². The van der Waals surface area contributed by atoms with Crippen LogP contribution in [0.15, 0.2) is 18.2 Å². The number of benzene rings is 1. The number of nitrogens with one attached hydrogen (secondary N) is 1. The highest BCUT2D eigenvalue weighted by molar-refractivity contribution is 7.99. The van der Waals surface area contributed by atoms with Crippen molar-refractivity contribution in [3.05, 3.63) is 23.8 Å². The molecule has 98 valence electrons. The van der Waals surface area contributed by atoms with E-state index in [1.165, 1.54) is 0 Å². The first-order chi connectivity index (χ1) is 8.72. The fourth-order valence-electron chi connectivity index (χ4n) is 2.06. The SMILES string of the molecule is COc1cccc(N)c1C(=O)NC1CCSCC1. The summed E-state index contributed by atoms with van der Waals surface area (Å²) in [6.45, 7) is 0. The summed E-state index contributed by atoms with van der Waals surface area (Å²) in [7, 11) is 1.54. The van der Waals surface area contributed by atoms with Crippen molar-refractivity contribution in [2.24, 2.45) is 0 Å². The molecule has 1 aromatic rings. The van der Waals surface area contributed by atoms with Gasteiger partial charge in [-0.1, -0.05) is 6.07 Å². The van der Waals surface area contributed by atoms with E-state index in [2.05, 4.69) is 5.32 Å². The molecule has 18 heavy (non-hydrogen) atoms. The quantitative estimate of drug-likeness (QED) is 0.820. The van der Waals surface area contributed by atoms with Crippen LogP contribution in [0.3, 0.4) is 0 Å². The van der Waals surface area contributed by atoms with Gasteiger partial charge >= 0.3 is 0 Å². The number of hydrogen-bond donors (Lipinski definition) is 2. The van der Waals surface area contributed by atoms with Crippen molar-refractivity contribution in [2.75, 3.05) is 24.3 Å². The highest BCUT2D eigenvalue weighted by atomic mass is 32.2. The van der Waals surface area contributed by atoms with E-state index in [9.17, 15) is 4.79 Å². The highest BCUT2D eigenvalue weighted by Gasteiger charge is 2.20. The summed E-state index contributed by atoms with van der Waals surface area (Å²) < 4.78 is 5.19. The lowest BCUT2D eigenvalue weighted by Gasteiger charge is -2.23. The van der Waals surface area contributed by atoms with Crippen molar-refractivity contribution in [1.82, 2.24) is 5.32 Å². The van der Waals surface area contributed by atoms with E-state index in [1.54, 1.807) is 25.3 Å². The fourth-order valence-corrected chi connectivity index (χ4v) is 3.17. The van der Waals surface area contributed by atoms with E-state index in [0.29, 0.717) is 17.0 Å². The normalized spacial score (nSPS) is 16.3. The number of ether oxygens (including phenoxy) is 1. The second-order valence-electron chi connectivity index (χ2n) is 4.28. The summed E-state index contributed by atoms with van der Waals surface area (Å²) in [5, 5.41) is 3.04. The van der Waals surface area contributed by atoms with Gasteiger partial charge in [-0.2, -0.15) is 11.8 Å². The Hall–Kier alpha value is -1.36. The Labute approximate surface area is 111 Å². The molecule has 0 bridgehead atoms. The first kappa shape index (κ1) is 13.1. The van der Waals surface area contributed by atoms with Crippen LogP contribution in [0.25, 0.3) is 0 Å². The van der Waals surface area contributed by atoms with Crippen molar-refractivity contribution in [2.45, 2.75) is 18.9 Å². The maximum atomic E-state index is 12.2. The van der Waals surface area contributed by atoms with Crippen LogP contribution in [0.5, 0.6) is 5.75 Å². The molecule has 1 fully saturated rings. The molecule has 0 unspecified atom stereocenters. The van der Waals surface area contributed by atoms with Crippen LogP contribution in [-0.2, 0) is 0 Å². The van der Waals surface area contributed by atoms with Crippen LogP contribution in [0.4, 0.5) is 5.69 Å². The minimum Gasteiger partial charge on any atom is -0.496 e. The summed E-state index contributed by atoms with van der Waals surface area (Å²) in [5.41, 5.74) is 6.76. The van der Waals surface area contributed by atoms with Crippen molar-refractivity contribution in [1.29, 1.82) is 0 Å². The zero-order chi connectivity index (χ0) is 13.0. The minimum atomic E-state index is -0.137. The second kappa shape index (κ2) is 6.00. The van der Waals surface area contributed by atoms with Gasteiger partial charge in [0.25, 0.3) is 5.91 Å². The highest BCUT2D eigenvalue weighted by Crippen LogP contribution is 2.25. The van der Waals surface area contributed by atoms with Crippen LogP contribution in [0.1, 0.15) is 23.2 Å². The fraction of sp³-hybridized carbons (Fsp3) is 0.462. The van der Waals surface area contributed by atoms with E-state index in [-0.39, 0.29) is 11.9 Å². The van der Waals surface area contributed by atoms with Gasteiger partial charge < -0.3 is 15.8 Å². The molecule has 0 saturated carbocycles. The molecule has 0 aliphatic carbocycles. The largest absolute Gasteiger partial charge is 0.496 e. The molecule has 5 heteroatoms. The van der Waals surface area contributed by atoms with E-state index in [1.807, 2.05) is 11.8 Å². The Balaban J connectivity index is 2.12. The topological polar surface area (TPSA) is 64.3 Å². The third-order valence-corrected chi connectivity index (χ3v) is 4.11. The van der Waals surface area contributed by atoms with Gasteiger partial charge in [0, 0.05) is 11.7 Å². The van der Waals surface area contributed by atoms with Gasteiger partial charge in [0.2, 0.25) is 0 Å². The monoisotopic (exact) mass is 266 g/mol. The first-order valence-corrected chi connectivity index (χ1v) is 7.19.